The van der Waals surface area contributed by atoms with Gasteiger partial charge in [-0.3, -0.25) is 24.0 Å². The molecule has 3 aromatic rings. The molecule has 2 aromatic carbocycles. The molecule has 1 aromatic heterocycles. The molecule has 2 saturated heterocycles. The van der Waals surface area contributed by atoms with Gasteiger partial charge in [-0.25, -0.2) is 9.69 Å². The Kier molecular flexibility index (Phi) is 10.4. The van der Waals surface area contributed by atoms with Gasteiger partial charge in [0.05, 0.1) is 18.3 Å². The van der Waals surface area contributed by atoms with Crippen LogP contribution in [0, 0.1) is 0 Å². The number of thioether (sulfide) groups is 1. The van der Waals surface area contributed by atoms with Crippen molar-refractivity contribution in [2.45, 2.75) is 66.4 Å². The third kappa shape index (κ3) is 6.83. The molecule has 2 aliphatic heterocycles. The molecule has 2 fully saturated rings. The number of nitrogens with zero attached hydrogens (tertiary/aromatic N) is 3. The smallest absolute Gasteiger partial charge is 0.327 e. The number of alkyl halides is 2. The number of nitrogens with two attached hydrogens (primary N) is 2. The number of benzene rings is 2. The summed E-state index contributed by atoms with van der Waals surface area (Å²) >= 11 is 12.7. The summed E-state index contributed by atoms with van der Waals surface area (Å²) in [5.74, 6) is -4.06. The lowest BCUT2D eigenvalue weighted by Gasteiger charge is -2.48. The number of rotatable bonds is 10. The topological polar surface area (TPSA) is 220 Å². The Balaban J connectivity index is 1.45. The number of aromatic amines is 1. The molecule has 14 nitrogen and oxygen atoms in total. The lowest BCUT2D eigenvalue weighted by Crippen LogP contribution is -2.71. The Morgan fingerprint density at radius 2 is 1.58 bits per heavy atom. The van der Waals surface area contributed by atoms with Gasteiger partial charge in [-0.15, -0.1) is 11.8 Å². The molecular weight excluding hydrogens is 711 g/mol. The number of pyridine rings is 1. The summed E-state index contributed by atoms with van der Waals surface area (Å²) in [5, 5.41) is 18.9. The van der Waals surface area contributed by atoms with Crippen molar-refractivity contribution in [2.24, 2.45) is 11.5 Å². The van der Waals surface area contributed by atoms with E-state index in [-0.39, 0.29) is 23.5 Å². The fourth-order valence-corrected chi connectivity index (χ4v) is 7.92. The molecule has 0 radical (unpaired) electrons. The number of aromatic hydroxyl groups is 1. The molecule has 50 heavy (non-hydrogen) atoms. The number of nitrogens with one attached hydrogen (secondary N) is 1. The van der Waals surface area contributed by atoms with Gasteiger partial charge in [0.15, 0.2) is 4.84 Å². The molecule has 0 spiro atoms. The van der Waals surface area contributed by atoms with E-state index in [1.54, 1.807) is 32.0 Å². The zero-order valence-corrected chi connectivity index (χ0v) is 29.3. The van der Waals surface area contributed by atoms with Gasteiger partial charge >= 0.3 is 5.97 Å². The number of hydrogen-bond donors (Lipinski definition) is 5. The third-order valence-corrected chi connectivity index (χ3v) is 10.5. The number of carboxylic acids is 1. The fraction of sp³-hybridized carbons (Fsp3) is 0.333. The van der Waals surface area contributed by atoms with Crippen molar-refractivity contribution in [1.29, 1.82) is 0 Å². The predicted molar refractivity (Wildman–Crippen MR) is 187 cm³/mol. The summed E-state index contributed by atoms with van der Waals surface area (Å²) in [4.78, 5) is 82.8. The summed E-state index contributed by atoms with van der Waals surface area (Å²) in [6.07, 6.45) is 0. The van der Waals surface area contributed by atoms with Crippen LogP contribution < -0.4 is 21.9 Å². The zero-order valence-electron chi connectivity index (χ0n) is 26.9. The van der Waals surface area contributed by atoms with Crippen LogP contribution in [-0.4, -0.2) is 87.7 Å². The zero-order chi connectivity index (χ0) is 36.8. The average Bonchev–Trinajstić information content (AvgIpc) is 3.32. The molecule has 1 unspecified atom stereocenters. The highest BCUT2D eigenvalue weighted by Crippen LogP contribution is 2.52. The molecule has 4 amide bonds. The number of hydrogen-bond acceptors (Lipinski definition) is 10. The highest BCUT2D eigenvalue weighted by molar-refractivity contribution is 8.01. The van der Waals surface area contributed by atoms with Crippen LogP contribution >= 0.6 is 35.0 Å². The van der Waals surface area contributed by atoms with Crippen molar-refractivity contribution in [1.82, 2.24) is 14.8 Å². The van der Waals surface area contributed by atoms with Crippen LogP contribution in [0.5, 0.6) is 5.75 Å². The SMILES string of the molecule is C[C@H](N)C(=O)N(C(=O)C(Cl)Cl)c1ccc(-c2ccc(CN(C(=O)C(N)c3ccc(O)cc3)[C@@H]3C(=O)N4[C@@H]3SC(C)(C)[C@@H]4C(=O)O)c(=O)[nH]2)cc1. The lowest BCUT2D eigenvalue weighted by molar-refractivity contribution is -0.169. The molecule has 0 saturated carbocycles. The van der Waals surface area contributed by atoms with Crippen molar-refractivity contribution in [3.63, 3.8) is 0 Å². The maximum absolute atomic E-state index is 14.0. The van der Waals surface area contributed by atoms with Crippen molar-refractivity contribution in [2.75, 3.05) is 4.90 Å². The van der Waals surface area contributed by atoms with Crippen molar-refractivity contribution < 1.29 is 34.2 Å². The van der Waals surface area contributed by atoms with Gasteiger partial charge in [0.2, 0.25) is 17.7 Å². The number of imide groups is 1. The summed E-state index contributed by atoms with van der Waals surface area (Å²) in [7, 11) is 0. The Labute approximate surface area is 300 Å². The second-order valence-electron chi connectivity index (χ2n) is 12.5. The van der Waals surface area contributed by atoms with E-state index in [4.69, 9.17) is 34.7 Å². The number of halogens is 2. The first-order chi connectivity index (χ1) is 23.4. The van der Waals surface area contributed by atoms with Crippen LogP contribution in [0.3, 0.4) is 0 Å². The number of carbonyl (C=O) groups is 5. The number of H-pyrrole nitrogens is 1. The minimum atomic E-state index is -1.51. The van der Waals surface area contributed by atoms with Gasteiger partial charge in [0, 0.05) is 16.0 Å². The van der Waals surface area contributed by atoms with Gasteiger partial charge in [-0.05, 0) is 68.3 Å². The molecule has 0 aliphatic carbocycles. The molecule has 264 valence electrons. The Morgan fingerprint density at radius 1 is 0.960 bits per heavy atom. The van der Waals surface area contributed by atoms with Gasteiger partial charge in [0.1, 0.15) is 29.2 Å². The van der Waals surface area contributed by atoms with Gasteiger partial charge in [0.25, 0.3) is 11.5 Å². The van der Waals surface area contributed by atoms with E-state index < -0.39 is 74.3 Å². The number of anilines is 1. The van der Waals surface area contributed by atoms with Crippen molar-refractivity contribution in [3.05, 3.63) is 82.1 Å². The molecule has 0 bridgehead atoms. The van der Waals surface area contributed by atoms with Gasteiger partial charge in [-0.2, -0.15) is 0 Å². The largest absolute Gasteiger partial charge is 0.508 e. The summed E-state index contributed by atoms with van der Waals surface area (Å²) in [6.45, 7) is 4.50. The quantitative estimate of drug-likeness (QED) is 0.150. The number of carbonyl (C=O) groups excluding carboxylic acids is 4. The predicted octanol–water partition coefficient (Wildman–Crippen LogP) is 2.30. The molecular formula is C33H34Cl2N6O8S. The van der Waals surface area contributed by atoms with E-state index in [1.165, 1.54) is 71.0 Å². The third-order valence-electron chi connectivity index (χ3n) is 8.57. The summed E-state index contributed by atoms with van der Waals surface area (Å²) in [5.41, 5.74) is 13.0. The maximum Gasteiger partial charge on any atom is 0.327 e. The molecule has 2 aliphatic rings. The number of fused-ring (bicyclic) bond motifs is 1. The average molecular weight is 746 g/mol. The minimum Gasteiger partial charge on any atom is -0.508 e. The summed E-state index contributed by atoms with van der Waals surface area (Å²) < 4.78 is -0.862. The van der Waals surface area contributed by atoms with Crippen LogP contribution in [0.4, 0.5) is 5.69 Å². The van der Waals surface area contributed by atoms with Gasteiger partial charge in [-0.1, -0.05) is 47.5 Å². The minimum absolute atomic E-state index is 0.0377. The van der Waals surface area contributed by atoms with E-state index in [0.717, 1.165) is 4.90 Å². The first kappa shape index (κ1) is 36.9. The van der Waals surface area contributed by atoms with Crippen LogP contribution in [0.25, 0.3) is 11.3 Å². The second-order valence-corrected chi connectivity index (χ2v) is 15.3. The maximum atomic E-state index is 14.0. The van der Waals surface area contributed by atoms with Crippen LogP contribution in [0.2, 0.25) is 0 Å². The first-order valence-corrected chi connectivity index (χ1v) is 17.0. The Morgan fingerprint density at radius 3 is 2.12 bits per heavy atom. The number of β-lactam (4-membered cyclic amide) rings is 1. The highest BCUT2D eigenvalue weighted by atomic mass is 35.5. The van der Waals surface area contributed by atoms with Crippen molar-refractivity contribution in [3.8, 4) is 17.0 Å². The molecule has 5 atom stereocenters. The lowest BCUT2D eigenvalue weighted by atomic mass is 9.94. The fourth-order valence-electron chi connectivity index (χ4n) is 6.03. The Bertz CT molecular complexity index is 1880. The number of phenolic OH excluding ortho intramolecular Hbond substituents is 1. The molecule has 17 heteroatoms. The van der Waals surface area contributed by atoms with Crippen LogP contribution in [0.15, 0.2) is 65.5 Å². The number of amides is 4. The number of phenols is 1. The van der Waals surface area contributed by atoms with E-state index in [2.05, 4.69) is 4.98 Å². The second kappa shape index (κ2) is 14.1. The molecule has 3 heterocycles. The number of carboxylic acid groups (broad SMARTS) is 1. The first-order valence-electron chi connectivity index (χ1n) is 15.3. The van der Waals surface area contributed by atoms with Crippen LogP contribution in [0.1, 0.15) is 37.9 Å². The van der Waals surface area contributed by atoms with E-state index >= 15 is 0 Å². The molecule has 7 N–H and O–H groups in total. The van der Waals surface area contributed by atoms with Gasteiger partial charge < -0.3 is 36.5 Å². The number of aromatic nitrogens is 1. The normalized spacial score (nSPS) is 20.4. The highest BCUT2D eigenvalue weighted by Gasteiger charge is 2.66. The van der Waals surface area contributed by atoms with E-state index in [0.29, 0.717) is 16.8 Å². The molecule has 5 rings (SSSR count). The van der Waals surface area contributed by atoms with Crippen LogP contribution in [-0.2, 0) is 30.5 Å². The summed E-state index contributed by atoms with van der Waals surface area (Å²) in [6, 6.07) is 10.3. The standard InChI is InChI=1S/C33H34Cl2N6O8S/c1-15(36)27(44)40(30(47)25(34)35)19-9-4-16(5-10-19)21-13-8-18(26(43)38-21)14-39(28(45)22(37)17-6-11-20(42)12-7-17)23-29(46)41-24(32(48)49)33(2,3)50-31(23)41/h4-13,15,22-25,31,42H,14,36-37H2,1-3H3,(H,38,43)(H,48,49)/t15-,22?,23+,24-,31+/m0/s1. The van der Waals surface area contributed by atoms with E-state index in [1.807, 2.05) is 0 Å². The number of aliphatic carboxylic acids is 1. The Hall–Kier alpha value is -4.41. The van der Waals surface area contributed by atoms with E-state index in [9.17, 15) is 39.0 Å². The monoisotopic (exact) mass is 744 g/mol. The van der Waals surface area contributed by atoms with Crippen molar-refractivity contribution >= 4 is 70.2 Å².